The zero-order chi connectivity index (χ0) is 13.1. The third-order valence-corrected chi connectivity index (χ3v) is 4.10. The highest BCUT2D eigenvalue weighted by Gasteiger charge is 2.50. The molecule has 0 radical (unpaired) electrons. The highest BCUT2D eigenvalue weighted by atomic mass is 16.4. The first-order valence-electron chi connectivity index (χ1n) is 6.62. The lowest BCUT2D eigenvalue weighted by Gasteiger charge is -2.23. The standard InChI is InChI=1S/C14H19NO3/c1-2-3-4-5-6-13(16)15-10-7-8-12(15)11(9-10)14(17)18/h1,10-12H,3-9H2,(H,17,18). The molecule has 2 fully saturated rings. The van der Waals surface area contributed by atoms with Crippen molar-refractivity contribution < 1.29 is 14.7 Å². The molecule has 0 aliphatic carbocycles. The van der Waals surface area contributed by atoms with Crippen molar-refractivity contribution in [2.75, 3.05) is 0 Å². The monoisotopic (exact) mass is 249 g/mol. The summed E-state index contributed by atoms with van der Waals surface area (Å²) in [5.41, 5.74) is 0. The summed E-state index contributed by atoms with van der Waals surface area (Å²) in [5, 5.41) is 9.12. The number of carboxylic acids is 1. The number of unbranched alkanes of at least 4 members (excludes halogenated alkanes) is 2. The normalized spacial score (nSPS) is 29.3. The third-order valence-electron chi connectivity index (χ3n) is 4.10. The van der Waals surface area contributed by atoms with Crippen LogP contribution in [-0.2, 0) is 9.59 Å². The Balaban J connectivity index is 1.88. The number of fused-ring (bicyclic) bond motifs is 2. The predicted molar refractivity (Wildman–Crippen MR) is 66.7 cm³/mol. The molecule has 0 aromatic rings. The first kappa shape index (κ1) is 12.9. The van der Waals surface area contributed by atoms with E-state index in [1.165, 1.54) is 0 Å². The largest absolute Gasteiger partial charge is 0.481 e. The molecule has 1 amide bonds. The van der Waals surface area contributed by atoms with Crippen molar-refractivity contribution in [1.29, 1.82) is 0 Å². The SMILES string of the molecule is C#CCCCCC(=O)N1C2CCC1C(C(=O)O)C2. The predicted octanol–water partition coefficient (Wildman–Crippen LogP) is 1.64. The fourth-order valence-electron chi connectivity index (χ4n) is 3.28. The Bertz CT molecular complexity index is 385. The maximum absolute atomic E-state index is 12.1. The summed E-state index contributed by atoms with van der Waals surface area (Å²) in [6.07, 6.45) is 10.5. The second-order valence-corrected chi connectivity index (χ2v) is 5.19. The molecule has 0 aromatic heterocycles. The van der Waals surface area contributed by atoms with Gasteiger partial charge in [0.25, 0.3) is 0 Å². The zero-order valence-electron chi connectivity index (χ0n) is 10.5. The minimum absolute atomic E-state index is 0.0624. The molecule has 2 aliphatic heterocycles. The van der Waals surface area contributed by atoms with Gasteiger partial charge in [-0.3, -0.25) is 9.59 Å². The minimum atomic E-state index is -0.757. The van der Waals surface area contributed by atoms with Crippen molar-refractivity contribution in [1.82, 2.24) is 4.90 Å². The van der Waals surface area contributed by atoms with Crippen LogP contribution >= 0.6 is 0 Å². The number of carbonyl (C=O) groups excluding carboxylic acids is 1. The molecule has 2 heterocycles. The molecule has 3 unspecified atom stereocenters. The molecule has 2 saturated heterocycles. The Kier molecular flexibility index (Phi) is 3.90. The van der Waals surface area contributed by atoms with Gasteiger partial charge in [0.15, 0.2) is 0 Å². The smallest absolute Gasteiger partial charge is 0.308 e. The van der Waals surface area contributed by atoms with E-state index in [0.717, 1.165) is 25.7 Å². The number of terminal acetylenes is 1. The number of hydrogen-bond donors (Lipinski definition) is 1. The van der Waals surface area contributed by atoms with Gasteiger partial charge in [0.05, 0.1) is 5.92 Å². The van der Waals surface area contributed by atoms with E-state index in [9.17, 15) is 9.59 Å². The molecule has 4 heteroatoms. The van der Waals surface area contributed by atoms with Crippen LogP contribution in [0, 0.1) is 18.3 Å². The van der Waals surface area contributed by atoms with Gasteiger partial charge in [-0.25, -0.2) is 0 Å². The van der Waals surface area contributed by atoms with Crippen LogP contribution < -0.4 is 0 Å². The van der Waals surface area contributed by atoms with Gasteiger partial charge in [-0.2, -0.15) is 0 Å². The number of hydrogen-bond acceptors (Lipinski definition) is 2. The van der Waals surface area contributed by atoms with Gasteiger partial charge in [0.2, 0.25) is 5.91 Å². The van der Waals surface area contributed by atoms with E-state index in [-0.39, 0.29) is 23.9 Å². The fraction of sp³-hybridized carbons (Fsp3) is 0.714. The quantitative estimate of drug-likeness (QED) is 0.595. The number of amides is 1. The van der Waals surface area contributed by atoms with E-state index in [2.05, 4.69) is 5.92 Å². The Morgan fingerprint density at radius 1 is 1.33 bits per heavy atom. The summed E-state index contributed by atoms with van der Waals surface area (Å²) in [5.74, 6) is 1.57. The van der Waals surface area contributed by atoms with E-state index in [1.807, 2.05) is 4.90 Å². The van der Waals surface area contributed by atoms with Crippen LogP contribution in [0.25, 0.3) is 0 Å². The van der Waals surface area contributed by atoms with Crippen molar-refractivity contribution in [2.45, 2.75) is 57.0 Å². The molecule has 4 nitrogen and oxygen atoms in total. The van der Waals surface area contributed by atoms with Crippen LogP contribution in [0.1, 0.15) is 44.9 Å². The molecule has 3 atom stereocenters. The summed E-state index contributed by atoms with van der Waals surface area (Å²) < 4.78 is 0. The van der Waals surface area contributed by atoms with E-state index in [1.54, 1.807) is 0 Å². The Labute approximate surface area is 107 Å². The lowest BCUT2D eigenvalue weighted by Crippen LogP contribution is -2.37. The molecule has 1 N–H and O–H groups in total. The Hall–Kier alpha value is -1.50. The molecule has 0 spiro atoms. The topological polar surface area (TPSA) is 57.6 Å². The van der Waals surface area contributed by atoms with E-state index in [0.29, 0.717) is 19.3 Å². The van der Waals surface area contributed by atoms with Crippen molar-refractivity contribution in [3.8, 4) is 12.3 Å². The highest BCUT2D eigenvalue weighted by Crippen LogP contribution is 2.42. The van der Waals surface area contributed by atoms with Gasteiger partial charge in [0, 0.05) is 24.9 Å². The summed E-state index contributed by atoms with van der Waals surface area (Å²) in [7, 11) is 0. The maximum atomic E-state index is 12.1. The number of carboxylic acid groups (broad SMARTS) is 1. The summed E-state index contributed by atoms with van der Waals surface area (Å²) in [6, 6.07) is 0.101. The molecule has 2 rings (SSSR count). The van der Waals surface area contributed by atoms with Gasteiger partial charge in [-0.05, 0) is 32.1 Å². The van der Waals surface area contributed by atoms with Gasteiger partial charge < -0.3 is 10.0 Å². The van der Waals surface area contributed by atoms with Crippen LogP contribution in [0.2, 0.25) is 0 Å². The minimum Gasteiger partial charge on any atom is -0.481 e. The summed E-state index contributed by atoms with van der Waals surface area (Å²) in [4.78, 5) is 25.1. The van der Waals surface area contributed by atoms with Crippen LogP contribution in [0.4, 0.5) is 0 Å². The second kappa shape index (κ2) is 5.43. The number of rotatable bonds is 5. The third kappa shape index (κ3) is 2.35. The lowest BCUT2D eigenvalue weighted by molar-refractivity contribution is -0.143. The van der Waals surface area contributed by atoms with E-state index in [4.69, 9.17) is 11.5 Å². The van der Waals surface area contributed by atoms with Gasteiger partial charge in [0.1, 0.15) is 0 Å². The zero-order valence-corrected chi connectivity index (χ0v) is 10.5. The van der Waals surface area contributed by atoms with Crippen molar-refractivity contribution in [3.05, 3.63) is 0 Å². The fourth-order valence-corrected chi connectivity index (χ4v) is 3.28. The molecule has 2 aliphatic rings. The van der Waals surface area contributed by atoms with Crippen molar-refractivity contribution >= 4 is 11.9 Å². The summed E-state index contributed by atoms with van der Waals surface area (Å²) in [6.45, 7) is 0. The number of aliphatic carboxylic acids is 1. The van der Waals surface area contributed by atoms with Gasteiger partial charge in [-0.15, -0.1) is 12.3 Å². The van der Waals surface area contributed by atoms with Crippen molar-refractivity contribution in [3.63, 3.8) is 0 Å². The van der Waals surface area contributed by atoms with Crippen LogP contribution in [-0.4, -0.2) is 34.0 Å². The highest BCUT2D eigenvalue weighted by molar-refractivity contribution is 5.80. The first-order chi connectivity index (χ1) is 8.65. The average Bonchev–Trinajstić information content (AvgIpc) is 2.91. The molecular weight excluding hydrogens is 230 g/mol. The molecule has 98 valence electrons. The van der Waals surface area contributed by atoms with Gasteiger partial charge >= 0.3 is 5.97 Å². The Morgan fingerprint density at radius 3 is 2.72 bits per heavy atom. The maximum Gasteiger partial charge on any atom is 0.308 e. The van der Waals surface area contributed by atoms with Crippen LogP contribution in [0.5, 0.6) is 0 Å². The Morgan fingerprint density at radius 2 is 2.11 bits per heavy atom. The molecule has 0 saturated carbocycles. The average molecular weight is 249 g/mol. The van der Waals surface area contributed by atoms with Crippen LogP contribution in [0.3, 0.4) is 0 Å². The van der Waals surface area contributed by atoms with Crippen molar-refractivity contribution in [2.24, 2.45) is 5.92 Å². The van der Waals surface area contributed by atoms with E-state index < -0.39 is 5.97 Å². The lowest BCUT2D eigenvalue weighted by atomic mass is 9.89. The number of nitrogens with zero attached hydrogens (tertiary/aromatic N) is 1. The molecule has 0 aromatic carbocycles. The van der Waals surface area contributed by atoms with Crippen LogP contribution in [0.15, 0.2) is 0 Å². The van der Waals surface area contributed by atoms with Gasteiger partial charge in [-0.1, -0.05) is 0 Å². The van der Waals surface area contributed by atoms with E-state index >= 15 is 0 Å². The molecular formula is C14H19NO3. The second-order valence-electron chi connectivity index (χ2n) is 5.19. The molecule has 2 bridgehead atoms. The summed E-state index contributed by atoms with van der Waals surface area (Å²) >= 11 is 0. The number of carbonyl (C=O) groups is 2. The first-order valence-corrected chi connectivity index (χ1v) is 6.62. The molecule has 18 heavy (non-hydrogen) atoms.